The van der Waals surface area contributed by atoms with Gasteiger partial charge in [-0.3, -0.25) is 0 Å². The van der Waals surface area contributed by atoms with Crippen LogP contribution in [0.2, 0.25) is 0 Å². The van der Waals surface area contributed by atoms with Crippen LogP contribution in [-0.4, -0.2) is 6.04 Å². The van der Waals surface area contributed by atoms with Crippen LogP contribution in [0.4, 0.5) is 4.39 Å². The Morgan fingerprint density at radius 2 is 1.89 bits per heavy atom. The summed E-state index contributed by atoms with van der Waals surface area (Å²) in [4.78, 5) is 0. The van der Waals surface area contributed by atoms with Crippen LogP contribution in [0.5, 0.6) is 0 Å². The Kier molecular flexibility index (Phi) is 3.53. The predicted molar refractivity (Wildman–Crippen MR) is 69.8 cm³/mol. The lowest BCUT2D eigenvalue weighted by Gasteiger charge is -2.31. The number of benzene rings is 1. The van der Waals surface area contributed by atoms with Crippen LogP contribution in [0.15, 0.2) is 47.1 Å². The molecule has 0 aliphatic carbocycles. The number of rotatable bonds is 4. The van der Waals surface area contributed by atoms with Crippen molar-refractivity contribution in [3.05, 3.63) is 59.8 Å². The van der Waals surface area contributed by atoms with E-state index in [9.17, 15) is 4.39 Å². The van der Waals surface area contributed by atoms with Crippen molar-refractivity contribution in [3.63, 3.8) is 0 Å². The fourth-order valence-electron chi connectivity index (χ4n) is 1.99. The van der Waals surface area contributed by atoms with E-state index in [1.54, 1.807) is 18.4 Å². The van der Waals surface area contributed by atoms with Gasteiger partial charge in [-0.1, -0.05) is 26.0 Å². The van der Waals surface area contributed by atoms with Gasteiger partial charge in [0.1, 0.15) is 11.6 Å². The van der Waals surface area contributed by atoms with E-state index in [1.807, 2.05) is 12.1 Å². The van der Waals surface area contributed by atoms with Crippen molar-refractivity contribution < 1.29 is 8.81 Å². The van der Waals surface area contributed by atoms with Gasteiger partial charge in [0.15, 0.2) is 0 Å². The van der Waals surface area contributed by atoms with Gasteiger partial charge in [0.25, 0.3) is 0 Å². The predicted octanol–water partition coefficient (Wildman–Crippen LogP) is 3.27. The van der Waals surface area contributed by atoms with Crippen molar-refractivity contribution in [3.8, 4) is 0 Å². The van der Waals surface area contributed by atoms with E-state index in [1.165, 1.54) is 12.1 Å². The molecule has 2 N–H and O–H groups in total. The highest BCUT2D eigenvalue weighted by Crippen LogP contribution is 2.28. The van der Waals surface area contributed by atoms with Crippen molar-refractivity contribution in [1.82, 2.24) is 0 Å². The van der Waals surface area contributed by atoms with Crippen molar-refractivity contribution >= 4 is 0 Å². The summed E-state index contributed by atoms with van der Waals surface area (Å²) in [6.45, 7) is 4.13. The van der Waals surface area contributed by atoms with E-state index in [2.05, 4.69) is 13.8 Å². The van der Waals surface area contributed by atoms with Crippen LogP contribution in [0, 0.1) is 5.82 Å². The molecule has 0 saturated carbocycles. The van der Waals surface area contributed by atoms with Gasteiger partial charge >= 0.3 is 0 Å². The Labute approximate surface area is 107 Å². The van der Waals surface area contributed by atoms with Crippen molar-refractivity contribution in [2.24, 2.45) is 5.73 Å². The third kappa shape index (κ3) is 2.62. The summed E-state index contributed by atoms with van der Waals surface area (Å²) in [7, 11) is 0. The summed E-state index contributed by atoms with van der Waals surface area (Å²) in [6, 6.07) is 10.2. The number of hydrogen-bond donors (Lipinski definition) is 1. The van der Waals surface area contributed by atoms with E-state index in [0.717, 1.165) is 11.3 Å². The molecule has 1 atom stereocenters. The molecule has 0 bridgehead atoms. The number of hydrogen-bond acceptors (Lipinski definition) is 2. The fourth-order valence-corrected chi connectivity index (χ4v) is 1.99. The molecule has 1 unspecified atom stereocenters. The monoisotopic (exact) mass is 247 g/mol. The van der Waals surface area contributed by atoms with Gasteiger partial charge < -0.3 is 10.2 Å². The summed E-state index contributed by atoms with van der Waals surface area (Å²) in [5, 5.41) is 0. The summed E-state index contributed by atoms with van der Waals surface area (Å²) in [5.41, 5.74) is 7.05. The van der Waals surface area contributed by atoms with Crippen molar-refractivity contribution in [1.29, 1.82) is 0 Å². The maximum Gasteiger partial charge on any atom is 0.123 e. The average Bonchev–Trinajstić information content (AvgIpc) is 2.82. The Hall–Kier alpha value is -1.61. The molecule has 0 amide bonds. The second kappa shape index (κ2) is 4.94. The first-order valence-corrected chi connectivity index (χ1v) is 6.04. The molecule has 1 aromatic heterocycles. The van der Waals surface area contributed by atoms with E-state index in [0.29, 0.717) is 6.42 Å². The lowest BCUT2D eigenvalue weighted by atomic mass is 9.76. The Bertz CT molecular complexity index is 488. The van der Waals surface area contributed by atoms with Gasteiger partial charge in [0.2, 0.25) is 0 Å². The van der Waals surface area contributed by atoms with Gasteiger partial charge in [0, 0.05) is 17.9 Å². The molecule has 0 saturated heterocycles. The van der Waals surface area contributed by atoms with Crippen LogP contribution in [0.3, 0.4) is 0 Å². The van der Waals surface area contributed by atoms with E-state index < -0.39 is 0 Å². The number of nitrogens with two attached hydrogens (primary N) is 1. The molecular weight excluding hydrogens is 229 g/mol. The normalized spacial score (nSPS) is 13.6. The molecule has 2 nitrogen and oxygen atoms in total. The first kappa shape index (κ1) is 12.8. The molecule has 0 fully saturated rings. The Balaban J connectivity index is 2.16. The molecule has 1 aromatic carbocycles. The minimum Gasteiger partial charge on any atom is -0.469 e. The van der Waals surface area contributed by atoms with Crippen LogP contribution in [0.25, 0.3) is 0 Å². The average molecular weight is 247 g/mol. The molecule has 2 rings (SSSR count). The SMILES string of the molecule is CC(C)(c1ccc(F)cc1)C(N)Cc1ccco1. The smallest absolute Gasteiger partial charge is 0.123 e. The van der Waals surface area contributed by atoms with Crippen LogP contribution in [-0.2, 0) is 11.8 Å². The highest BCUT2D eigenvalue weighted by Gasteiger charge is 2.29. The second-order valence-corrected chi connectivity index (χ2v) is 5.12. The molecule has 0 radical (unpaired) electrons. The quantitative estimate of drug-likeness (QED) is 0.900. The Morgan fingerprint density at radius 3 is 2.44 bits per heavy atom. The van der Waals surface area contributed by atoms with Crippen LogP contribution >= 0.6 is 0 Å². The highest BCUT2D eigenvalue weighted by molar-refractivity contribution is 5.27. The lowest BCUT2D eigenvalue weighted by Crippen LogP contribution is -2.42. The zero-order valence-electron chi connectivity index (χ0n) is 10.7. The van der Waals surface area contributed by atoms with Gasteiger partial charge in [-0.05, 0) is 29.8 Å². The van der Waals surface area contributed by atoms with E-state index in [-0.39, 0.29) is 17.3 Å². The molecule has 3 heteroatoms. The van der Waals surface area contributed by atoms with Crippen molar-refractivity contribution in [2.75, 3.05) is 0 Å². The van der Waals surface area contributed by atoms with Crippen molar-refractivity contribution in [2.45, 2.75) is 31.7 Å². The maximum absolute atomic E-state index is 12.9. The molecular formula is C15H18FNO. The van der Waals surface area contributed by atoms with Crippen LogP contribution in [0.1, 0.15) is 25.2 Å². The molecule has 0 spiro atoms. The maximum atomic E-state index is 12.9. The summed E-state index contributed by atoms with van der Waals surface area (Å²) in [6.07, 6.45) is 2.31. The first-order valence-electron chi connectivity index (χ1n) is 6.04. The molecule has 0 aliphatic rings. The van der Waals surface area contributed by atoms with Gasteiger partial charge in [-0.15, -0.1) is 0 Å². The van der Waals surface area contributed by atoms with Gasteiger partial charge in [-0.25, -0.2) is 4.39 Å². The third-order valence-corrected chi connectivity index (χ3v) is 3.52. The molecule has 0 aliphatic heterocycles. The Morgan fingerprint density at radius 1 is 1.22 bits per heavy atom. The molecule has 1 heterocycles. The van der Waals surface area contributed by atoms with Crippen LogP contribution < -0.4 is 5.73 Å². The minimum absolute atomic E-state index is 0.0888. The summed E-state index contributed by atoms with van der Waals surface area (Å²) in [5.74, 6) is 0.645. The first-order chi connectivity index (χ1) is 8.50. The largest absolute Gasteiger partial charge is 0.469 e. The highest BCUT2D eigenvalue weighted by atomic mass is 19.1. The van der Waals surface area contributed by atoms with E-state index in [4.69, 9.17) is 10.2 Å². The van der Waals surface area contributed by atoms with E-state index >= 15 is 0 Å². The zero-order chi connectivity index (χ0) is 13.2. The molecule has 2 aromatic rings. The summed E-state index contributed by atoms with van der Waals surface area (Å²) >= 11 is 0. The minimum atomic E-state index is -0.236. The topological polar surface area (TPSA) is 39.2 Å². The summed E-state index contributed by atoms with van der Waals surface area (Å²) < 4.78 is 18.2. The lowest BCUT2D eigenvalue weighted by molar-refractivity contribution is 0.377. The van der Waals surface area contributed by atoms with Gasteiger partial charge in [-0.2, -0.15) is 0 Å². The zero-order valence-corrected chi connectivity index (χ0v) is 10.7. The second-order valence-electron chi connectivity index (χ2n) is 5.12. The third-order valence-electron chi connectivity index (χ3n) is 3.52. The number of furan rings is 1. The molecule has 96 valence electrons. The fraction of sp³-hybridized carbons (Fsp3) is 0.333. The molecule has 18 heavy (non-hydrogen) atoms. The van der Waals surface area contributed by atoms with Gasteiger partial charge in [0.05, 0.1) is 6.26 Å². The number of halogens is 1. The standard InChI is InChI=1S/C15H18FNO/c1-15(2,11-5-7-12(16)8-6-11)14(17)10-13-4-3-9-18-13/h3-9,14H,10,17H2,1-2H3.